The second-order valence-corrected chi connectivity index (χ2v) is 4.15. The van der Waals surface area contributed by atoms with Crippen LogP contribution in [0.4, 0.5) is 0 Å². The summed E-state index contributed by atoms with van der Waals surface area (Å²) in [6, 6.07) is 7.57. The molecule has 0 N–H and O–H groups in total. The molecule has 0 aliphatic rings. The lowest BCUT2D eigenvalue weighted by atomic mass is 10.3. The third kappa shape index (κ3) is 2.55. The molecular weight excluding hydrogens is 240 g/mol. The van der Waals surface area contributed by atoms with Crippen LogP contribution in [0.2, 0.25) is 0 Å². The normalized spacial score (nSPS) is 12.4. The highest BCUT2D eigenvalue weighted by Gasteiger charge is 2.13. The molecule has 1 aromatic heterocycles. The van der Waals surface area contributed by atoms with Gasteiger partial charge in [-0.25, -0.2) is 0 Å². The Hall–Kier alpha value is -1.62. The highest BCUT2D eigenvalue weighted by atomic mass is 35.5. The number of aromatic nitrogens is 4. The number of nitrogens with zero attached hydrogens (tertiary/aromatic N) is 4. The van der Waals surface area contributed by atoms with Crippen molar-refractivity contribution < 1.29 is 4.74 Å². The van der Waals surface area contributed by atoms with Crippen molar-refractivity contribution in [2.75, 3.05) is 6.61 Å². The van der Waals surface area contributed by atoms with Gasteiger partial charge < -0.3 is 4.74 Å². The van der Waals surface area contributed by atoms with E-state index < -0.39 is 0 Å². The van der Waals surface area contributed by atoms with Crippen molar-refractivity contribution in [2.24, 2.45) is 0 Å². The monoisotopic (exact) mass is 252 g/mol. The van der Waals surface area contributed by atoms with E-state index in [1.165, 1.54) is 0 Å². The zero-order valence-electron chi connectivity index (χ0n) is 9.67. The lowest BCUT2D eigenvalue weighted by Crippen LogP contribution is -2.04. The van der Waals surface area contributed by atoms with Crippen molar-refractivity contribution >= 4 is 11.6 Å². The van der Waals surface area contributed by atoms with Gasteiger partial charge in [-0.2, -0.15) is 4.68 Å². The molecule has 0 amide bonds. The van der Waals surface area contributed by atoms with Crippen LogP contribution in [0.5, 0.6) is 5.75 Å². The molecule has 5 nitrogen and oxygen atoms in total. The van der Waals surface area contributed by atoms with E-state index in [1.54, 1.807) is 4.68 Å². The highest BCUT2D eigenvalue weighted by molar-refractivity contribution is 6.20. The molecule has 90 valence electrons. The molecule has 0 aliphatic heterocycles. The molecule has 0 saturated carbocycles. The quantitative estimate of drug-likeness (QED) is 0.784. The van der Waals surface area contributed by atoms with Crippen molar-refractivity contribution in [3.8, 4) is 11.4 Å². The molecule has 2 rings (SSSR count). The molecule has 1 unspecified atom stereocenters. The average molecular weight is 253 g/mol. The third-order valence-electron chi connectivity index (χ3n) is 2.22. The fourth-order valence-corrected chi connectivity index (χ4v) is 1.63. The van der Waals surface area contributed by atoms with E-state index in [9.17, 15) is 0 Å². The smallest absolute Gasteiger partial charge is 0.174 e. The molecule has 1 atom stereocenters. The maximum Gasteiger partial charge on any atom is 0.174 e. The maximum absolute atomic E-state index is 6.01. The summed E-state index contributed by atoms with van der Waals surface area (Å²) in [5, 5.41) is 11.2. The molecule has 17 heavy (non-hydrogen) atoms. The van der Waals surface area contributed by atoms with E-state index in [0.29, 0.717) is 12.4 Å². The van der Waals surface area contributed by atoms with Crippen LogP contribution in [-0.4, -0.2) is 26.8 Å². The van der Waals surface area contributed by atoms with Gasteiger partial charge in [-0.05, 0) is 36.4 Å². The fourth-order valence-electron chi connectivity index (χ4n) is 1.50. The largest absolute Gasteiger partial charge is 0.494 e. The van der Waals surface area contributed by atoms with Crippen LogP contribution in [0.3, 0.4) is 0 Å². The van der Waals surface area contributed by atoms with Gasteiger partial charge in [0, 0.05) is 6.07 Å². The fraction of sp³-hybridized carbons (Fsp3) is 0.364. The summed E-state index contributed by atoms with van der Waals surface area (Å²) in [5.74, 6) is 1.40. The second kappa shape index (κ2) is 5.14. The number of benzene rings is 1. The Morgan fingerprint density at radius 2 is 2.29 bits per heavy atom. The van der Waals surface area contributed by atoms with Crippen molar-refractivity contribution in [1.82, 2.24) is 20.2 Å². The van der Waals surface area contributed by atoms with Crippen LogP contribution in [0, 0.1) is 0 Å². The van der Waals surface area contributed by atoms with Crippen LogP contribution in [-0.2, 0) is 0 Å². The number of halogens is 1. The van der Waals surface area contributed by atoms with Gasteiger partial charge in [0.15, 0.2) is 5.82 Å². The van der Waals surface area contributed by atoms with Crippen molar-refractivity contribution in [2.45, 2.75) is 19.2 Å². The van der Waals surface area contributed by atoms with E-state index in [2.05, 4.69) is 15.5 Å². The SMILES string of the molecule is CCOc1cccc(-n2nnnc2C(C)Cl)c1. The van der Waals surface area contributed by atoms with Gasteiger partial charge in [0.25, 0.3) is 0 Å². The standard InChI is InChI=1S/C11H13ClN4O/c1-3-17-10-6-4-5-9(7-10)16-11(8(2)12)13-14-15-16/h4-8H,3H2,1-2H3. The predicted octanol–water partition coefficient (Wildman–Crippen LogP) is 2.36. The van der Waals surface area contributed by atoms with Crippen LogP contribution in [0.25, 0.3) is 5.69 Å². The maximum atomic E-state index is 6.01. The minimum atomic E-state index is -0.249. The molecule has 0 radical (unpaired) electrons. The first kappa shape index (κ1) is 11.9. The highest BCUT2D eigenvalue weighted by Crippen LogP contribution is 2.21. The summed E-state index contributed by atoms with van der Waals surface area (Å²) >= 11 is 6.01. The molecular formula is C11H13ClN4O. The number of alkyl halides is 1. The first-order valence-corrected chi connectivity index (χ1v) is 5.81. The van der Waals surface area contributed by atoms with E-state index in [-0.39, 0.29) is 5.38 Å². The summed E-state index contributed by atoms with van der Waals surface area (Å²) in [4.78, 5) is 0. The van der Waals surface area contributed by atoms with E-state index in [4.69, 9.17) is 16.3 Å². The van der Waals surface area contributed by atoms with E-state index >= 15 is 0 Å². The average Bonchev–Trinajstić information content (AvgIpc) is 2.79. The van der Waals surface area contributed by atoms with Crippen molar-refractivity contribution in [3.63, 3.8) is 0 Å². The van der Waals surface area contributed by atoms with Crippen LogP contribution in [0.1, 0.15) is 25.0 Å². The lowest BCUT2D eigenvalue weighted by Gasteiger charge is -2.08. The van der Waals surface area contributed by atoms with Gasteiger partial charge in [0.2, 0.25) is 0 Å². The molecule has 0 bridgehead atoms. The number of hydrogen-bond acceptors (Lipinski definition) is 4. The lowest BCUT2D eigenvalue weighted by molar-refractivity contribution is 0.340. The number of ether oxygens (including phenoxy) is 1. The summed E-state index contributed by atoms with van der Waals surface area (Å²) in [7, 11) is 0. The van der Waals surface area contributed by atoms with Gasteiger partial charge in [0.1, 0.15) is 5.75 Å². The van der Waals surface area contributed by atoms with Crippen LogP contribution >= 0.6 is 11.6 Å². The molecule has 0 fully saturated rings. The summed E-state index contributed by atoms with van der Waals surface area (Å²) in [6.07, 6.45) is 0. The number of rotatable bonds is 4. The van der Waals surface area contributed by atoms with Gasteiger partial charge >= 0.3 is 0 Å². The topological polar surface area (TPSA) is 52.8 Å². The summed E-state index contributed by atoms with van der Waals surface area (Å²) in [5.41, 5.74) is 0.837. The molecule has 2 aromatic rings. The summed E-state index contributed by atoms with van der Waals surface area (Å²) in [6.45, 7) is 4.39. The molecule has 1 heterocycles. The minimum Gasteiger partial charge on any atom is -0.494 e. The Morgan fingerprint density at radius 1 is 1.47 bits per heavy atom. The second-order valence-electron chi connectivity index (χ2n) is 3.50. The van der Waals surface area contributed by atoms with Gasteiger partial charge in [-0.1, -0.05) is 6.07 Å². The van der Waals surface area contributed by atoms with Crippen LogP contribution in [0.15, 0.2) is 24.3 Å². The Kier molecular flexibility index (Phi) is 3.58. The Balaban J connectivity index is 2.38. The zero-order valence-corrected chi connectivity index (χ0v) is 10.4. The first-order valence-electron chi connectivity index (χ1n) is 5.38. The molecule has 0 aliphatic carbocycles. The first-order chi connectivity index (χ1) is 8.22. The number of hydrogen-bond donors (Lipinski definition) is 0. The number of tetrazole rings is 1. The molecule has 0 saturated heterocycles. The van der Waals surface area contributed by atoms with Crippen LogP contribution < -0.4 is 4.74 Å². The molecule has 6 heteroatoms. The Morgan fingerprint density at radius 3 is 3.00 bits per heavy atom. The van der Waals surface area contributed by atoms with Crippen molar-refractivity contribution in [1.29, 1.82) is 0 Å². The molecule has 0 spiro atoms. The molecule has 1 aromatic carbocycles. The minimum absolute atomic E-state index is 0.249. The predicted molar refractivity (Wildman–Crippen MR) is 64.6 cm³/mol. The summed E-state index contributed by atoms with van der Waals surface area (Å²) < 4.78 is 7.04. The van der Waals surface area contributed by atoms with E-state index in [0.717, 1.165) is 11.4 Å². The van der Waals surface area contributed by atoms with Gasteiger partial charge in [0.05, 0.1) is 17.7 Å². The zero-order chi connectivity index (χ0) is 12.3. The van der Waals surface area contributed by atoms with Crippen molar-refractivity contribution in [3.05, 3.63) is 30.1 Å². The van der Waals surface area contributed by atoms with Gasteiger partial charge in [-0.15, -0.1) is 16.7 Å². The third-order valence-corrected chi connectivity index (χ3v) is 2.42. The Labute approximate surface area is 104 Å². The Bertz CT molecular complexity index is 498. The van der Waals surface area contributed by atoms with E-state index in [1.807, 2.05) is 38.1 Å². The van der Waals surface area contributed by atoms with Gasteiger partial charge in [-0.3, -0.25) is 0 Å².